The summed E-state index contributed by atoms with van der Waals surface area (Å²) in [6, 6.07) is 5.02. The molecular formula is C15H20N2O4S. The summed E-state index contributed by atoms with van der Waals surface area (Å²) in [7, 11) is 4.71. The molecule has 2 atom stereocenters. The van der Waals surface area contributed by atoms with E-state index in [1.165, 1.54) is 11.8 Å². The van der Waals surface area contributed by atoms with Crippen LogP contribution >= 0.6 is 11.8 Å². The van der Waals surface area contributed by atoms with Gasteiger partial charge >= 0.3 is 0 Å². The molecule has 1 aliphatic rings. The Morgan fingerprint density at radius 3 is 2.64 bits per heavy atom. The van der Waals surface area contributed by atoms with Crippen LogP contribution in [0.4, 0.5) is 0 Å². The molecule has 0 saturated carbocycles. The van der Waals surface area contributed by atoms with Gasteiger partial charge in [0.25, 0.3) is 0 Å². The zero-order chi connectivity index (χ0) is 16.3. The molecule has 22 heavy (non-hydrogen) atoms. The van der Waals surface area contributed by atoms with E-state index in [9.17, 15) is 9.59 Å². The number of hydrogen-bond acceptors (Lipinski definition) is 5. The molecule has 1 aliphatic heterocycles. The van der Waals surface area contributed by atoms with Crippen molar-refractivity contribution in [3.8, 4) is 11.5 Å². The number of carbonyl (C=O) groups excluding carboxylic acids is 2. The number of nitrogens with one attached hydrogen (secondary N) is 1. The summed E-state index contributed by atoms with van der Waals surface area (Å²) < 4.78 is 10.5. The van der Waals surface area contributed by atoms with Gasteiger partial charge in [0.05, 0.1) is 20.0 Å². The van der Waals surface area contributed by atoms with Gasteiger partial charge in [-0.25, -0.2) is 0 Å². The fourth-order valence-electron chi connectivity index (χ4n) is 2.45. The number of ether oxygens (including phenoxy) is 2. The van der Waals surface area contributed by atoms with Gasteiger partial charge in [-0.15, -0.1) is 11.8 Å². The number of thioether (sulfide) groups is 1. The van der Waals surface area contributed by atoms with E-state index in [0.717, 1.165) is 5.56 Å². The predicted octanol–water partition coefficient (Wildman–Crippen LogP) is 1.41. The van der Waals surface area contributed by atoms with Crippen molar-refractivity contribution in [2.24, 2.45) is 0 Å². The molecule has 6 nitrogen and oxygen atoms in total. The van der Waals surface area contributed by atoms with E-state index in [0.29, 0.717) is 17.3 Å². The Morgan fingerprint density at radius 2 is 2.05 bits per heavy atom. The summed E-state index contributed by atoms with van der Waals surface area (Å²) in [4.78, 5) is 25.7. The van der Waals surface area contributed by atoms with Crippen molar-refractivity contribution in [1.29, 1.82) is 0 Å². The largest absolute Gasteiger partial charge is 0.493 e. The van der Waals surface area contributed by atoms with Gasteiger partial charge in [0.15, 0.2) is 11.5 Å². The van der Waals surface area contributed by atoms with Crippen LogP contribution in [0.1, 0.15) is 17.9 Å². The van der Waals surface area contributed by atoms with Crippen LogP contribution in [0.2, 0.25) is 0 Å². The van der Waals surface area contributed by atoms with E-state index >= 15 is 0 Å². The van der Waals surface area contributed by atoms with Gasteiger partial charge in [-0.1, -0.05) is 6.07 Å². The molecule has 0 bridgehead atoms. The normalized spacial score (nSPS) is 19.0. The average Bonchev–Trinajstić information content (AvgIpc) is 2.94. The quantitative estimate of drug-likeness (QED) is 0.887. The second-order valence-corrected chi connectivity index (χ2v) is 5.94. The van der Waals surface area contributed by atoms with Crippen LogP contribution in [0.3, 0.4) is 0 Å². The smallest absolute Gasteiger partial charge is 0.242 e. The summed E-state index contributed by atoms with van der Waals surface area (Å²) >= 11 is 1.50. The maximum Gasteiger partial charge on any atom is 0.242 e. The van der Waals surface area contributed by atoms with Crippen molar-refractivity contribution in [3.05, 3.63) is 23.8 Å². The van der Waals surface area contributed by atoms with Gasteiger partial charge in [0, 0.05) is 7.05 Å². The average molecular weight is 324 g/mol. The third kappa shape index (κ3) is 2.99. The number of hydrogen-bond donors (Lipinski definition) is 1. The van der Waals surface area contributed by atoms with Gasteiger partial charge < -0.3 is 19.7 Å². The molecule has 0 radical (unpaired) electrons. The van der Waals surface area contributed by atoms with E-state index in [2.05, 4.69) is 5.32 Å². The topological polar surface area (TPSA) is 67.9 Å². The molecule has 1 saturated heterocycles. The first-order chi connectivity index (χ1) is 10.5. The SMILES string of the molecule is CNC(=O)[C@@H](C)N1C(=O)CS[C@@H]1c1ccc(OC)c(OC)c1. The minimum Gasteiger partial charge on any atom is -0.493 e. The van der Waals surface area contributed by atoms with Crippen LogP contribution in [-0.4, -0.2) is 49.8 Å². The minimum atomic E-state index is -0.523. The molecule has 0 aromatic heterocycles. The zero-order valence-electron chi connectivity index (χ0n) is 13.1. The third-order valence-corrected chi connectivity index (χ3v) is 4.87. The first-order valence-corrected chi connectivity index (χ1v) is 7.94. The lowest BCUT2D eigenvalue weighted by Crippen LogP contribution is -2.45. The maximum absolute atomic E-state index is 12.2. The Kier molecular flexibility index (Phi) is 5.18. The molecule has 1 aromatic carbocycles. The molecule has 1 aromatic rings. The van der Waals surface area contributed by atoms with Crippen molar-refractivity contribution in [1.82, 2.24) is 10.2 Å². The first kappa shape index (κ1) is 16.5. The first-order valence-electron chi connectivity index (χ1n) is 6.89. The lowest BCUT2D eigenvalue weighted by Gasteiger charge is -2.29. The van der Waals surface area contributed by atoms with Gasteiger partial charge in [-0.05, 0) is 24.6 Å². The Morgan fingerprint density at radius 1 is 1.36 bits per heavy atom. The number of amides is 2. The van der Waals surface area contributed by atoms with Crippen LogP contribution in [0.5, 0.6) is 11.5 Å². The molecule has 1 N–H and O–H groups in total. The van der Waals surface area contributed by atoms with E-state index < -0.39 is 6.04 Å². The third-order valence-electron chi connectivity index (χ3n) is 3.64. The van der Waals surface area contributed by atoms with Gasteiger partial charge in [0.1, 0.15) is 11.4 Å². The highest BCUT2D eigenvalue weighted by Crippen LogP contribution is 2.42. The van der Waals surface area contributed by atoms with E-state index in [4.69, 9.17) is 9.47 Å². The molecule has 2 amide bonds. The standard InChI is InChI=1S/C15H20N2O4S/c1-9(14(19)16-2)17-13(18)8-22-15(17)10-5-6-11(20-3)12(7-10)21-4/h5-7,9,15H,8H2,1-4H3,(H,16,19)/t9-,15-/m1/s1. The van der Waals surface area contributed by atoms with Gasteiger partial charge in [-0.3, -0.25) is 9.59 Å². The highest BCUT2D eigenvalue weighted by molar-refractivity contribution is 8.00. The molecule has 2 rings (SSSR count). The second-order valence-electron chi connectivity index (χ2n) is 4.87. The highest BCUT2D eigenvalue weighted by Gasteiger charge is 2.38. The van der Waals surface area contributed by atoms with Crippen molar-refractivity contribution >= 4 is 23.6 Å². The van der Waals surface area contributed by atoms with Crippen molar-refractivity contribution in [2.75, 3.05) is 27.0 Å². The summed E-state index contributed by atoms with van der Waals surface area (Å²) in [5.74, 6) is 1.38. The monoisotopic (exact) mass is 324 g/mol. The number of rotatable bonds is 5. The molecule has 0 spiro atoms. The molecule has 1 fully saturated rings. The molecule has 0 unspecified atom stereocenters. The van der Waals surface area contributed by atoms with Crippen LogP contribution in [-0.2, 0) is 9.59 Å². The maximum atomic E-state index is 12.2. The minimum absolute atomic E-state index is 0.0408. The fourth-order valence-corrected chi connectivity index (χ4v) is 3.70. The number of likely N-dealkylation sites (N-methyl/N-ethyl adjacent to an activating group) is 1. The lowest BCUT2D eigenvalue weighted by atomic mass is 10.1. The number of methoxy groups -OCH3 is 2. The van der Waals surface area contributed by atoms with Crippen LogP contribution in [0.25, 0.3) is 0 Å². The number of nitrogens with zero attached hydrogens (tertiary/aromatic N) is 1. The number of carbonyl (C=O) groups is 2. The predicted molar refractivity (Wildman–Crippen MR) is 85.1 cm³/mol. The Hall–Kier alpha value is -1.89. The molecule has 7 heteroatoms. The molecule has 0 aliphatic carbocycles. The van der Waals surface area contributed by atoms with Crippen LogP contribution < -0.4 is 14.8 Å². The van der Waals surface area contributed by atoms with Crippen molar-refractivity contribution in [3.63, 3.8) is 0 Å². The Balaban J connectivity index is 2.34. The summed E-state index contributed by atoms with van der Waals surface area (Å²) in [5.41, 5.74) is 0.907. The van der Waals surface area contributed by atoms with E-state index in [1.807, 2.05) is 12.1 Å². The summed E-state index contributed by atoms with van der Waals surface area (Å²) in [6.07, 6.45) is 0. The van der Waals surface area contributed by atoms with Crippen molar-refractivity contribution in [2.45, 2.75) is 18.3 Å². The molecular weight excluding hydrogens is 304 g/mol. The number of benzene rings is 1. The van der Waals surface area contributed by atoms with Crippen LogP contribution in [0.15, 0.2) is 18.2 Å². The zero-order valence-corrected chi connectivity index (χ0v) is 13.9. The Labute approximate surface area is 134 Å². The van der Waals surface area contributed by atoms with Crippen molar-refractivity contribution < 1.29 is 19.1 Å². The van der Waals surface area contributed by atoms with E-state index in [1.54, 1.807) is 39.2 Å². The van der Waals surface area contributed by atoms with Crippen LogP contribution in [0, 0.1) is 0 Å². The second kappa shape index (κ2) is 6.91. The van der Waals surface area contributed by atoms with E-state index in [-0.39, 0.29) is 17.2 Å². The van der Waals surface area contributed by atoms with Gasteiger partial charge in [-0.2, -0.15) is 0 Å². The summed E-state index contributed by atoms with van der Waals surface area (Å²) in [5, 5.41) is 2.38. The lowest BCUT2D eigenvalue weighted by molar-refractivity contribution is -0.137. The Bertz CT molecular complexity index is 579. The molecule has 1 heterocycles. The van der Waals surface area contributed by atoms with Gasteiger partial charge in [0.2, 0.25) is 11.8 Å². The molecule has 120 valence electrons. The summed E-state index contributed by atoms with van der Waals surface area (Å²) in [6.45, 7) is 1.73. The highest BCUT2D eigenvalue weighted by atomic mass is 32.2. The fraction of sp³-hybridized carbons (Fsp3) is 0.467.